The number of likely N-dealkylation sites (N-methyl/N-ethyl adjacent to an activating group) is 1. The molecule has 0 saturated heterocycles. The normalized spacial score (nSPS) is 14.4. The molecule has 3 atom stereocenters. The molecule has 328 valence electrons. The SMILES string of the molecule is CCCCCCCCCCC/C=C/CCCC[C@@H](O)[C@H](COP(=O)(O)OCC[N+](C)(C)C)NC(=O)CCCCCCCCCCCCCCCCCCCC. The Morgan fingerprint density at radius 1 is 0.600 bits per heavy atom. The Morgan fingerprint density at radius 2 is 0.982 bits per heavy atom. The Hall–Kier alpha value is -0.760. The summed E-state index contributed by atoms with van der Waals surface area (Å²) >= 11 is 0. The van der Waals surface area contributed by atoms with Crippen LogP contribution in [0.15, 0.2) is 12.2 Å². The highest BCUT2D eigenvalue weighted by molar-refractivity contribution is 7.47. The minimum Gasteiger partial charge on any atom is -0.391 e. The number of unbranched alkanes of at least 4 members (excludes halogenated alkanes) is 28. The van der Waals surface area contributed by atoms with Crippen molar-refractivity contribution < 1.29 is 32.9 Å². The van der Waals surface area contributed by atoms with Crippen LogP contribution in [0.25, 0.3) is 0 Å². The van der Waals surface area contributed by atoms with E-state index >= 15 is 0 Å². The molecule has 9 heteroatoms. The van der Waals surface area contributed by atoms with E-state index in [4.69, 9.17) is 9.05 Å². The highest BCUT2D eigenvalue weighted by Gasteiger charge is 2.28. The van der Waals surface area contributed by atoms with E-state index in [2.05, 4.69) is 31.3 Å². The van der Waals surface area contributed by atoms with Crippen LogP contribution in [0.3, 0.4) is 0 Å². The third kappa shape index (κ3) is 41.2. The number of carbonyl (C=O) groups is 1. The number of phosphoric acid groups is 1. The third-order valence-corrected chi connectivity index (χ3v) is 11.7. The van der Waals surface area contributed by atoms with Gasteiger partial charge in [0.25, 0.3) is 0 Å². The van der Waals surface area contributed by atoms with Crippen LogP contribution in [0.2, 0.25) is 0 Å². The average molecular weight is 802 g/mol. The summed E-state index contributed by atoms with van der Waals surface area (Å²) in [6.45, 7) is 4.88. The first-order valence-corrected chi connectivity index (χ1v) is 25.0. The zero-order valence-electron chi connectivity index (χ0n) is 37.2. The lowest BCUT2D eigenvalue weighted by atomic mass is 10.0. The third-order valence-electron chi connectivity index (χ3n) is 10.8. The van der Waals surface area contributed by atoms with Crippen LogP contribution < -0.4 is 5.32 Å². The topological polar surface area (TPSA) is 105 Å². The van der Waals surface area contributed by atoms with E-state index in [9.17, 15) is 19.4 Å². The van der Waals surface area contributed by atoms with Crippen molar-refractivity contribution in [1.29, 1.82) is 0 Å². The molecule has 8 nitrogen and oxygen atoms in total. The summed E-state index contributed by atoms with van der Waals surface area (Å²) in [5.41, 5.74) is 0. The Kier molecular flexibility index (Phi) is 38.2. The van der Waals surface area contributed by atoms with Crippen LogP contribution in [0.5, 0.6) is 0 Å². The van der Waals surface area contributed by atoms with Gasteiger partial charge in [0.2, 0.25) is 5.91 Å². The van der Waals surface area contributed by atoms with E-state index in [0.717, 1.165) is 44.9 Å². The lowest BCUT2D eigenvalue weighted by Crippen LogP contribution is -2.46. The van der Waals surface area contributed by atoms with Crippen LogP contribution in [0, 0.1) is 0 Å². The van der Waals surface area contributed by atoms with E-state index in [1.165, 1.54) is 154 Å². The fourth-order valence-electron chi connectivity index (χ4n) is 6.98. The molecule has 0 aliphatic rings. The molecule has 0 aromatic heterocycles. The van der Waals surface area contributed by atoms with E-state index in [-0.39, 0.29) is 19.1 Å². The number of nitrogens with zero attached hydrogens (tertiary/aromatic N) is 1. The number of hydrogen-bond acceptors (Lipinski definition) is 5. The molecule has 0 aliphatic carbocycles. The summed E-state index contributed by atoms with van der Waals surface area (Å²) in [5.74, 6) is -0.151. The van der Waals surface area contributed by atoms with Gasteiger partial charge >= 0.3 is 7.82 Å². The largest absolute Gasteiger partial charge is 0.472 e. The van der Waals surface area contributed by atoms with Crippen molar-refractivity contribution in [1.82, 2.24) is 5.32 Å². The summed E-state index contributed by atoms with van der Waals surface area (Å²) in [7, 11) is 1.61. The predicted molar refractivity (Wildman–Crippen MR) is 235 cm³/mol. The van der Waals surface area contributed by atoms with Crippen molar-refractivity contribution in [2.75, 3.05) is 40.9 Å². The van der Waals surface area contributed by atoms with Crippen molar-refractivity contribution in [3.05, 3.63) is 12.2 Å². The average Bonchev–Trinajstić information content (AvgIpc) is 3.13. The fraction of sp³-hybridized carbons (Fsp3) is 0.935. The fourth-order valence-corrected chi connectivity index (χ4v) is 7.72. The Morgan fingerprint density at radius 3 is 1.40 bits per heavy atom. The van der Waals surface area contributed by atoms with Gasteiger partial charge in [-0.25, -0.2) is 4.57 Å². The van der Waals surface area contributed by atoms with E-state index in [1.807, 2.05) is 21.1 Å². The first-order valence-electron chi connectivity index (χ1n) is 23.6. The van der Waals surface area contributed by atoms with Gasteiger partial charge in [0.05, 0.1) is 39.9 Å². The molecule has 55 heavy (non-hydrogen) atoms. The number of aliphatic hydroxyl groups is 1. The number of allylic oxidation sites excluding steroid dienone is 2. The molecule has 0 radical (unpaired) electrons. The zero-order valence-corrected chi connectivity index (χ0v) is 38.1. The lowest BCUT2D eigenvalue weighted by molar-refractivity contribution is -0.870. The highest BCUT2D eigenvalue weighted by atomic mass is 31.2. The van der Waals surface area contributed by atoms with Crippen LogP contribution >= 0.6 is 7.82 Å². The highest BCUT2D eigenvalue weighted by Crippen LogP contribution is 2.43. The monoisotopic (exact) mass is 802 g/mol. The van der Waals surface area contributed by atoms with Gasteiger partial charge in [-0.3, -0.25) is 13.8 Å². The van der Waals surface area contributed by atoms with Gasteiger partial charge < -0.3 is 19.8 Å². The van der Waals surface area contributed by atoms with Crippen LogP contribution in [0.1, 0.15) is 226 Å². The number of quaternary nitrogens is 1. The van der Waals surface area contributed by atoms with E-state index in [1.54, 1.807) is 0 Å². The van der Waals surface area contributed by atoms with Gasteiger partial charge in [-0.1, -0.05) is 193 Å². The second-order valence-corrected chi connectivity index (χ2v) is 18.9. The molecular weight excluding hydrogens is 707 g/mol. The van der Waals surface area contributed by atoms with Gasteiger partial charge in [0, 0.05) is 6.42 Å². The summed E-state index contributed by atoms with van der Waals surface area (Å²) in [6.07, 6.45) is 43.8. The zero-order chi connectivity index (χ0) is 40.7. The van der Waals surface area contributed by atoms with Gasteiger partial charge in [-0.2, -0.15) is 0 Å². The summed E-state index contributed by atoms with van der Waals surface area (Å²) in [6, 6.07) is -0.771. The second-order valence-electron chi connectivity index (χ2n) is 17.5. The Balaban J connectivity index is 4.33. The van der Waals surface area contributed by atoms with Crippen molar-refractivity contribution >= 4 is 13.7 Å². The molecule has 0 saturated carbocycles. The molecule has 0 aromatic carbocycles. The number of nitrogens with one attached hydrogen (secondary N) is 1. The molecule has 0 fully saturated rings. The molecule has 0 aromatic rings. The molecule has 1 amide bonds. The van der Waals surface area contributed by atoms with Crippen molar-refractivity contribution in [3.8, 4) is 0 Å². The van der Waals surface area contributed by atoms with Gasteiger partial charge in [-0.05, 0) is 38.5 Å². The van der Waals surface area contributed by atoms with Crippen LogP contribution in [-0.4, -0.2) is 73.4 Å². The molecule has 3 N–H and O–H groups in total. The standard InChI is InChI=1S/C46H93N2O6P/c1-6-8-10-12-14-16-18-20-22-23-24-26-28-30-32-34-36-38-40-46(50)47-44(43-54-55(51,52)53-42-41-48(3,4)5)45(49)39-37-35-33-31-29-27-25-21-19-17-15-13-11-9-7-2/h29,31,44-45,49H,6-28,30,32-43H2,1-5H3,(H-,47,50,51,52)/p+1/b31-29+/t44-,45+/m0/s1. The van der Waals surface area contributed by atoms with E-state index in [0.29, 0.717) is 23.9 Å². The van der Waals surface area contributed by atoms with Gasteiger partial charge in [0.15, 0.2) is 0 Å². The minimum absolute atomic E-state index is 0.0723. The first-order chi connectivity index (χ1) is 26.5. The summed E-state index contributed by atoms with van der Waals surface area (Å²) < 4.78 is 23.6. The van der Waals surface area contributed by atoms with Gasteiger partial charge in [-0.15, -0.1) is 0 Å². The molecular formula is C46H94N2O6P+. The number of phosphoric ester groups is 1. The number of hydrogen-bond donors (Lipinski definition) is 3. The smallest absolute Gasteiger partial charge is 0.391 e. The molecule has 0 rings (SSSR count). The molecule has 0 spiro atoms. The first kappa shape index (κ1) is 54.2. The second kappa shape index (κ2) is 38.7. The maximum absolute atomic E-state index is 12.9. The lowest BCUT2D eigenvalue weighted by Gasteiger charge is -2.26. The molecule has 0 heterocycles. The number of amides is 1. The summed E-state index contributed by atoms with van der Waals surface area (Å²) in [5, 5.41) is 14.0. The molecule has 1 unspecified atom stereocenters. The van der Waals surface area contributed by atoms with Crippen LogP contribution in [0.4, 0.5) is 0 Å². The maximum Gasteiger partial charge on any atom is 0.472 e. The summed E-state index contributed by atoms with van der Waals surface area (Å²) in [4.78, 5) is 23.2. The number of rotatable bonds is 43. The predicted octanol–water partition coefficient (Wildman–Crippen LogP) is 13.1. The van der Waals surface area contributed by atoms with Crippen molar-refractivity contribution in [2.45, 2.75) is 238 Å². The molecule has 0 bridgehead atoms. The van der Waals surface area contributed by atoms with Crippen LogP contribution in [-0.2, 0) is 18.4 Å². The quantitative estimate of drug-likeness (QED) is 0.0245. The van der Waals surface area contributed by atoms with Crippen molar-refractivity contribution in [3.63, 3.8) is 0 Å². The minimum atomic E-state index is -4.32. The maximum atomic E-state index is 12.9. The number of aliphatic hydroxyl groups excluding tert-OH is 1. The Labute approximate surface area is 342 Å². The molecule has 0 aliphatic heterocycles. The van der Waals surface area contributed by atoms with Crippen molar-refractivity contribution in [2.24, 2.45) is 0 Å². The van der Waals surface area contributed by atoms with Gasteiger partial charge in [0.1, 0.15) is 13.2 Å². The van der Waals surface area contributed by atoms with E-state index < -0.39 is 20.0 Å². The Bertz CT molecular complexity index is 911. The number of carbonyl (C=O) groups excluding carboxylic acids is 1.